The Balaban J connectivity index is 2.39. The highest BCUT2D eigenvalue weighted by molar-refractivity contribution is 7.13. The molecule has 0 aliphatic carbocycles. The van der Waals surface area contributed by atoms with Crippen molar-refractivity contribution in [1.82, 2.24) is 20.5 Å². The van der Waals surface area contributed by atoms with Crippen molar-refractivity contribution in [2.45, 2.75) is 46.3 Å². The molecular weight excluding hydrogens is 308 g/mol. The van der Waals surface area contributed by atoms with Gasteiger partial charge in [0, 0.05) is 51.7 Å². The topological polar surface area (TPSA) is 55.8 Å². The second-order valence-electron chi connectivity index (χ2n) is 6.29. The third-order valence-corrected chi connectivity index (χ3v) is 4.63. The fourth-order valence-electron chi connectivity index (χ4n) is 2.39. The van der Waals surface area contributed by atoms with Gasteiger partial charge in [0.2, 0.25) is 0 Å². The zero-order valence-corrected chi connectivity index (χ0v) is 16.4. The summed E-state index contributed by atoms with van der Waals surface area (Å²) in [4.78, 5) is 13.3. The Bertz CT molecular complexity index is 473. The number of aromatic nitrogens is 1. The fraction of sp³-hybridized carbons (Fsp3) is 0.750. The maximum atomic E-state index is 4.56. The molecule has 23 heavy (non-hydrogen) atoms. The van der Waals surface area contributed by atoms with E-state index in [1.807, 2.05) is 19.0 Å². The lowest BCUT2D eigenvalue weighted by Crippen LogP contribution is -2.45. The quantitative estimate of drug-likeness (QED) is 0.560. The van der Waals surface area contributed by atoms with Crippen molar-refractivity contribution in [1.29, 1.82) is 0 Å². The minimum atomic E-state index is 0.547. The van der Waals surface area contributed by atoms with E-state index in [1.54, 1.807) is 18.4 Å². The van der Waals surface area contributed by atoms with Crippen LogP contribution in [0.5, 0.6) is 0 Å². The first-order valence-electron chi connectivity index (χ1n) is 8.17. The summed E-state index contributed by atoms with van der Waals surface area (Å²) in [5.41, 5.74) is 1.03. The average molecular weight is 341 g/mol. The van der Waals surface area contributed by atoms with Crippen molar-refractivity contribution in [3.8, 4) is 0 Å². The SMILES string of the molecule is CN=C(NCCN(C(C)C)C(C)C)NCc1csc(N(C)C)n1. The van der Waals surface area contributed by atoms with Crippen molar-refractivity contribution >= 4 is 22.4 Å². The molecule has 0 bridgehead atoms. The highest BCUT2D eigenvalue weighted by atomic mass is 32.1. The van der Waals surface area contributed by atoms with Gasteiger partial charge in [-0.05, 0) is 27.7 Å². The molecule has 0 aliphatic rings. The van der Waals surface area contributed by atoms with Crippen molar-refractivity contribution in [2.24, 2.45) is 4.99 Å². The fourth-order valence-corrected chi connectivity index (χ4v) is 3.15. The molecule has 0 atom stereocenters. The Morgan fingerprint density at radius 2 is 1.87 bits per heavy atom. The van der Waals surface area contributed by atoms with Crippen LogP contribution < -0.4 is 15.5 Å². The Labute approximate surface area is 145 Å². The van der Waals surface area contributed by atoms with E-state index in [0.29, 0.717) is 18.6 Å². The Morgan fingerprint density at radius 1 is 1.22 bits per heavy atom. The Hall–Kier alpha value is -1.34. The Kier molecular flexibility index (Phi) is 8.33. The van der Waals surface area contributed by atoms with Crippen molar-refractivity contribution in [3.05, 3.63) is 11.1 Å². The van der Waals surface area contributed by atoms with Gasteiger partial charge in [0.1, 0.15) is 0 Å². The van der Waals surface area contributed by atoms with Gasteiger partial charge in [-0.25, -0.2) is 4.98 Å². The van der Waals surface area contributed by atoms with Crippen LogP contribution in [0, 0.1) is 0 Å². The summed E-state index contributed by atoms with van der Waals surface area (Å²) in [7, 11) is 5.81. The zero-order valence-electron chi connectivity index (χ0n) is 15.6. The molecule has 0 spiro atoms. The highest BCUT2D eigenvalue weighted by Crippen LogP contribution is 2.17. The number of nitrogens with one attached hydrogen (secondary N) is 2. The number of guanidine groups is 1. The van der Waals surface area contributed by atoms with Crippen LogP contribution in [0.25, 0.3) is 0 Å². The zero-order chi connectivity index (χ0) is 17.4. The van der Waals surface area contributed by atoms with Crippen molar-refractivity contribution in [3.63, 3.8) is 0 Å². The summed E-state index contributed by atoms with van der Waals surface area (Å²) in [6.07, 6.45) is 0. The number of rotatable bonds is 8. The number of aliphatic imine (C=N–C) groups is 1. The van der Waals surface area contributed by atoms with E-state index in [2.05, 4.69) is 58.6 Å². The van der Waals surface area contributed by atoms with E-state index >= 15 is 0 Å². The summed E-state index contributed by atoms with van der Waals surface area (Å²) < 4.78 is 0. The van der Waals surface area contributed by atoms with Gasteiger partial charge in [-0.2, -0.15) is 0 Å². The molecule has 0 saturated heterocycles. The number of anilines is 1. The number of hydrogen-bond donors (Lipinski definition) is 2. The molecule has 132 valence electrons. The first-order chi connectivity index (χ1) is 10.8. The third kappa shape index (κ3) is 6.74. The van der Waals surface area contributed by atoms with Gasteiger partial charge in [0.05, 0.1) is 12.2 Å². The summed E-state index contributed by atoms with van der Waals surface area (Å²) >= 11 is 1.65. The normalized spacial score (nSPS) is 12.3. The molecule has 7 heteroatoms. The van der Waals surface area contributed by atoms with Crippen molar-refractivity contribution < 1.29 is 0 Å². The summed E-state index contributed by atoms with van der Waals surface area (Å²) in [5.74, 6) is 0.817. The minimum Gasteiger partial charge on any atom is -0.355 e. The second-order valence-corrected chi connectivity index (χ2v) is 7.13. The van der Waals surface area contributed by atoms with Crippen LogP contribution in [0.2, 0.25) is 0 Å². The maximum Gasteiger partial charge on any atom is 0.191 e. The van der Waals surface area contributed by atoms with E-state index in [-0.39, 0.29) is 0 Å². The van der Waals surface area contributed by atoms with Crippen LogP contribution >= 0.6 is 11.3 Å². The minimum absolute atomic E-state index is 0.547. The molecular formula is C16H32N6S. The lowest BCUT2D eigenvalue weighted by atomic mass is 10.2. The molecule has 6 nitrogen and oxygen atoms in total. The molecule has 0 aliphatic heterocycles. The largest absolute Gasteiger partial charge is 0.355 e. The maximum absolute atomic E-state index is 4.56. The first kappa shape index (κ1) is 19.7. The first-order valence-corrected chi connectivity index (χ1v) is 9.05. The highest BCUT2D eigenvalue weighted by Gasteiger charge is 2.12. The monoisotopic (exact) mass is 340 g/mol. The van der Waals surface area contributed by atoms with Gasteiger partial charge >= 0.3 is 0 Å². The molecule has 1 rings (SSSR count). The van der Waals surface area contributed by atoms with E-state index in [0.717, 1.165) is 29.9 Å². The summed E-state index contributed by atoms with van der Waals surface area (Å²) in [5, 5.41) is 9.79. The lowest BCUT2D eigenvalue weighted by Gasteiger charge is -2.30. The lowest BCUT2D eigenvalue weighted by molar-refractivity contribution is 0.178. The molecule has 1 aromatic rings. The summed E-state index contributed by atoms with van der Waals surface area (Å²) in [6.45, 7) is 11.5. The van der Waals surface area contributed by atoms with Crippen LogP contribution in [0.15, 0.2) is 10.4 Å². The van der Waals surface area contributed by atoms with Gasteiger partial charge in [-0.3, -0.25) is 9.89 Å². The molecule has 0 aromatic carbocycles. The van der Waals surface area contributed by atoms with Gasteiger partial charge in [0.25, 0.3) is 0 Å². The van der Waals surface area contributed by atoms with Crippen LogP contribution in [0.3, 0.4) is 0 Å². The van der Waals surface area contributed by atoms with Gasteiger partial charge in [-0.15, -0.1) is 11.3 Å². The molecule has 0 unspecified atom stereocenters. The molecule has 2 N–H and O–H groups in total. The molecule has 1 heterocycles. The van der Waals surface area contributed by atoms with E-state index in [1.165, 1.54) is 0 Å². The van der Waals surface area contributed by atoms with Crippen LogP contribution in [-0.4, -0.2) is 62.2 Å². The molecule has 0 radical (unpaired) electrons. The summed E-state index contributed by atoms with van der Waals surface area (Å²) in [6, 6.07) is 1.09. The standard InChI is InChI=1S/C16H32N6S/c1-12(2)22(13(3)4)9-8-18-15(17-5)19-10-14-11-23-16(20-14)21(6)7/h11-13H,8-10H2,1-7H3,(H2,17,18,19). The van der Waals surface area contributed by atoms with E-state index in [9.17, 15) is 0 Å². The van der Waals surface area contributed by atoms with Gasteiger partial charge in [-0.1, -0.05) is 0 Å². The molecule has 0 fully saturated rings. The van der Waals surface area contributed by atoms with E-state index < -0.39 is 0 Å². The second kappa shape index (κ2) is 9.72. The molecule has 1 aromatic heterocycles. The Morgan fingerprint density at radius 3 is 2.35 bits per heavy atom. The predicted molar refractivity (Wildman–Crippen MR) is 102 cm³/mol. The molecule has 0 saturated carbocycles. The van der Waals surface area contributed by atoms with Crippen LogP contribution in [0.4, 0.5) is 5.13 Å². The molecule has 0 amide bonds. The van der Waals surface area contributed by atoms with Crippen LogP contribution in [0.1, 0.15) is 33.4 Å². The smallest absolute Gasteiger partial charge is 0.191 e. The van der Waals surface area contributed by atoms with Crippen LogP contribution in [-0.2, 0) is 6.54 Å². The number of thiazole rings is 1. The average Bonchev–Trinajstić information content (AvgIpc) is 2.94. The third-order valence-electron chi connectivity index (χ3n) is 3.57. The van der Waals surface area contributed by atoms with Crippen molar-refractivity contribution in [2.75, 3.05) is 39.1 Å². The number of nitrogens with zero attached hydrogens (tertiary/aromatic N) is 4. The number of hydrogen-bond acceptors (Lipinski definition) is 5. The van der Waals surface area contributed by atoms with E-state index in [4.69, 9.17) is 0 Å². The van der Waals surface area contributed by atoms with Gasteiger partial charge < -0.3 is 15.5 Å². The predicted octanol–water partition coefficient (Wildman–Crippen LogP) is 1.99. The van der Waals surface area contributed by atoms with Gasteiger partial charge in [0.15, 0.2) is 11.1 Å².